The molecule has 5 N–H and O–H groups in total. The Morgan fingerprint density at radius 2 is 2.38 bits per heavy atom. The second-order valence-corrected chi connectivity index (χ2v) is 5.11. The number of hydrogen-bond donors (Lipinski definition) is 4. The lowest BCUT2D eigenvalue weighted by molar-refractivity contribution is -0.0149. The van der Waals surface area contributed by atoms with Gasteiger partial charge >= 0.3 is 0 Å². The molecule has 1 aromatic rings. The van der Waals surface area contributed by atoms with Crippen molar-refractivity contribution in [2.45, 2.75) is 30.8 Å². The van der Waals surface area contributed by atoms with Gasteiger partial charge in [-0.15, -0.1) is 0 Å². The second-order valence-electron chi connectivity index (χ2n) is 5.11. The summed E-state index contributed by atoms with van der Waals surface area (Å²) in [6, 6.07) is 0. The summed E-state index contributed by atoms with van der Waals surface area (Å²) in [5.41, 5.74) is 6.94. The molecule has 8 nitrogen and oxygen atoms in total. The van der Waals surface area contributed by atoms with Crippen molar-refractivity contribution in [3.63, 3.8) is 0 Å². The summed E-state index contributed by atoms with van der Waals surface area (Å²) in [7, 11) is 1.46. The average Bonchev–Trinajstić information content (AvgIpc) is 2.99. The second kappa shape index (κ2) is 5.23. The van der Waals surface area contributed by atoms with Crippen LogP contribution in [0, 0.1) is 0 Å². The van der Waals surface area contributed by atoms with Crippen LogP contribution in [0.3, 0.4) is 0 Å². The first-order valence-corrected chi connectivity index (χ1v) is 6.63. The minimum Gasteiger partial charge on any atom is -0.394 e. The summed E-state index contributed by atoms with van der Waals surface area (Å²) < 4.78 is 10.9. The van der Waals surface area contributed by atoms with Gasteiger partial charge in [0.2, 0.25) is 5.95 Å². The van der Waals surface area contributed by atoms with Gasteiger partial charge < -0.3 is 25.4 Å². The number of nitrogen functional groups attached to an aromatic ring is 1. The van der Waals surface area contributed by atoms with E-state index < -0.39 is 24.4 Å². The van der Waals surface area contributed by atoms with Crippen LogP contribution in [-0.2, 0) is 15.9 Å². The van der Waals surface area contributed by atoms with Gasteiger partial charge in [0.25, 0.3) is 5.56 Å². The van der Waals surface area contributed by atoms with Gasteiger partial charge in [0.1, 0.15) is 24.4 Å². The third-order valence-electron chi connectivity index (χ3n) is 3.93. The Balaban J connectivity index is 1.99. The van der Waals surface area contributed by atoms with E-state index in [9.17, 15) is 15.0 Å². The number of anilines is 1. The lowest BCUT2D eigenvalue weighted by Crippen LogP contribution is -2.36. The van der Waals surface area contributed by atoms with Crippen LogP contribution in [0.1, 0.15) is 11.3 Å². The number of nitrogens with two attached hydrogens (primary N) is 1. The van der Waals surface area contributed by atoms with Crippen LogP contribution in [0.25, 0.3) is 5.57 Å². The number of ether oxygens (including phenoxy) is 2. The number of aliphatic hydroxyl groups is 2. The molecule has 0 saturated carbocycles. The van der Waals surface area contributed by atoms with Crippen LogP contribution in [-0.4, -0.2) is 58.3 Å². The van der Waals surface area contributed by atoms with Crippen LogP contribution in [0.4, 0.5) is 5.95 Å². The zero-order valence-corrected chi connectivity index (χ0v) is 11.4. The zero-order valence-electron chi connectivity index (χ0n) is 11.4. The Morgan fingerprint density at radius 3 is 3.05 bits per heavy atom. The summed E-state index contributed by atoms with van der Waals surface area (Å²) in [5.74, 6) is 0.0257. The van der Waals surface area contributed by atoms with Gasteiger partial charge in [0, 0.05) is 18.2 Å². The quantitative estimate of drug-likeness (QED) is 0.529. The molecular weight excluding hydrogens is 278 g/mol. The Bertz CT molecular complexity index is 641. The van der Waals surface area contributed by atoms with Gasteiger partial charge in [0.15, 0.2) is 0 Å². The number of methoxy groups -OCH3 is 1. The summed E-state index contributed by atoms with van der Waals surface area (Å²) in [4.78, 5) is 18.5. The predicted octanol–water partition coefficient (Wildman–Crippen LogP) is -1.57. The number of aromatic amines is 1. The van der Waals surface area contributed by atoms with Gasteiger partial charge in [-0.3, -0.25) is 9.78 Å². The zero-order chi connectivity index (χ0) is 15.1. The molecule has 2 heterocycles. The maximum absolute atomic E-state index is 11.9. The molecule has 1 aliphatic heterocycles. The molecular formula is C13H17N3O5. The van der Waals surface area contributed by atoms with Crippen molar-refractivity contribution in [3.05, 3.63) is 27.7 Å². The minimum atomic E-state index is -0.950. The topological polar surface area (TPSA) is 131 Å². The average molecular weight is 295 g/mol. The molecule has 0 radical (unpaired) electrons. The molecule has 21 heavy (non-hydrogen) atoms. The molecule has 0 bridgehead atoms. The van der Waals surface area contributed by atoms with Gasteiger partial charge in [-0.1, -0.05) is 6.08 Å². The van der Waals surface area contributed by atoms with Crippen LogP contribution >= 0.6 is 0 Å². The molecule has 3 rings (SSSR count). The SMILES string of the molecule is COC1[C@@H](O)[C@@H](CO)O[C@H]1C1=CCc2c1nc(N)[nH]c2=O. The number of nitrogens with zero attached hydrogens (tertiary/aromatic N) is 1. The Hall–Kier alpha value is -1.74. The maximum Gasteiger partial charge on any atom is 0.256 e. The number of fused-ring (bicyclic) bond motifs is 1. The molecule has 1 saturated heterocycles. The Morgan fingerprint density at radius 1 is 1.62 bits per heavy atom. The molecule has 0 aromatic carbocycles. The smallest absolute Gasteiger partial charge is 0.256 e. The van der Waals surface area contributed by atoms with Crippen molar-refractivity contribution in [2.24, 2.45) is 0 Å². The molecule has 0 amide bonds. The first kappa shape index (κ1) is 14.2. The van der Waals surface area contributed by atoms with Gasteiger partial charge in [0.05, 0.1) is 12.3 Å². The third kappa shape index (κ3) is 2.16. The lowest BCUT2D eigenvalue weighted by Gasteiger charge is -2.20. The largest absolute Gasteiger partial charge is 0.394 e. The van der Waals surface area contributed by atoms with E-state index in [-0.39, 0.29) is 18.1 Å². The molecule has 1 aliphatic carbocycles. The van der Waals surface area contributed by atoms with Crippen molar-refractivity contribution in [1.82, 2.24) is 9.97 Å². The summed E-state index contributed by atoms with van der Waals surface area (Å²) in [5, 5.41) is 19.3. The number of H-pyrrole nitrogens is 1. The number of allylic oxidation sites excluding steroid dienone is 1. The van der Waals surface area contributed by atoms with Crippen LogP contribution in [0.2, 0.25) is 0 Å². The number of aromatic nitrogens is 2. The normalized spacial score (nSPS) is 31.3. The standard InChI is InChI=1S/C13H17N3O5/c1-20-11-9(18)7(4-17)21-10(11)5-2-3-6-8(5)15-13(14)16-12(6)19/h2,7,9-11,17-18H,3-4H2,1H3,(H3,14,15,16,19)/t7-,9+,10+,11?/m1/s1. The first-order valence-electron chi connectivity index (χ1n) is 6.63. The maximum atomic E-state index is 11.9. The predicted molar refractivity (Wildman–Crippen MR) is 73.5 cm³/mol. The van der Waals surface area contributed by atoms with E-state index in [0.29, 0.717) is 23.3 Å². The Kier molecular flexibility index (Phi) is 3.54. The number of nitrogens with one attached hydrogen (secondary N) is 1. The molecule has 1 unspecified atom stereocenters. The van der Waals surface area contributed by atoms with Crippen molar-refractivity contribution in [1.29, 1.82) is 0 Å². The fraction of sp³-hybridized carbons (Fsp3) is 0.538. The van der Waals surface area contributed by atoms with Gasteiger partial charge in [-0.2, -0.15) is 0 Å². The van der Waals surface area contributed by atoms with E-state index in [1.807, 2.05) is 6.08 Å². The summed E-state index contributed by atoms with van der Waals surface area (Å²) in [6.07, 6.45) is -0.684. The number of aliphatic hydroxyl groups excluding tert-OH is 2. The summed E-state index contributed by atoms with van der Waals surface area (Å²) in [6.45, 7) is -0.317. The van der Waals surface area contributed by atoms with E-state index in [0.717, 1.165) is 0 Å². The highest BCUT2D eigenvalue weighted by molar-refractivity contribution is 5.74. The van der Waals surface area contributed by atoms with Crippen molar-refractivity contribution in [2.75, 3.05) is 19.5 Å². The number of hydrogen-bond acceptors (Lipinski definition) is 7. The lowest BCUT2D eigenvalue weighted by atomic mass is 10.00. The molecule has 8 heteroatoms. The molecule has 2 aliphatic rings. The Labute approximate surface area is 120 Å². The van der Waals surface area contributed by atoms with Crippen LogP contribution < -0.4 is 11.3 Å². The molecule has 0 spiro atoms. The fourth-order valence-corrected chi connectivity index (χ4v) is 2.90. The van der Waals surface area contributed by atoms with Gasteiger partial charge in [-0.05, 0) is 6.42 Å². The summed E-state index contributed by atoms with van der Waals surface area (Å²) >= 11 is 0. The third-order valence-corrected chi connectivity index (χ3v) is 3.93. The van der Waals surface area contributed by atoms with E-state index in [4.69, 9.17) is 15.2 Å². The van der Waals surface area contributed by atoms with Crippen LogP contribution in [0.15, 0.2) is 10.9 Å². The minimum absolute atomic E-state index is 0.0257. The van der Waals surface area contributed by atoms with Crippen molar-refractivity contribution >= 4 is 11.5 Å². The first-order chi connectivity index (χ1) is 10.1. The molecule has 1 aromatic heterocycles. The monoisotopic (exact) mass is 295 g/mol. The fourth-order valence-electron chi connectivity index (χ4n) is 2.90. The highest BCUT2D eigenvalue weighted by Gasteiger charge is 2.46. The number of rotatable bonds is 3. The molecule has 114 valence electrons. The van der Waals surface area contributed by atoms with E-state index in [1.54, 1.807) is 0 Å². The van der Waals surface area contributed by atoms with Crippen molar-refractivity contribution < 1.29 is 19.7 Å². The molecule has 1 fully saturated rings. The van der Waals surface area contributed by atoms with E-state index in [1.165, 1.54) is 7.11 Å². The highest BCUT2D eigenvalue weighted by atomic mass is 16.6. The highest BCUT2D eigenvalue weighted by Crippen LogP contribution is 2.36. The van der Waals surface area contributed by atoms with E-state index in [2.05, 4.69) is 9.97 Å². The van der Waals surface area contributed by atoms with Crippen molar-refractivity contribution in [3.8, 4) is 0 Å². The molecule has 4 atom stereocenters. The van der Waals surface area contributed by atoms with E-state index >= 15 is 0 Å². The van der Waals surface area contributed by atoms with Crippen LogP contribution in [0.5, 0.6) is 0 Å². The van der Waals surface area contributed by atoms with Gasteiger partial charge in [-0.25, -0.2) is 4.98 Å².